The molecule has 0 aliphatic rings. The molecule has 8 nitrogen and oxygen atoms in total. The van der Waals surface area contributed by atoms with E-state index in [1.165, 1.54) is 16.4 Å². The lowest BCUT2D eigenvalue weighted by molar-refractivity contribution is 0.0873. The molecule has 3 aromatic rings. The number of carbonyl (C=O) groups excluding carboxylic acids is 1. The van der Waals surface area contributed by atoms with E-state index in [4.69, 9.17) is 10.5 Å². The van der Waals surface area contributed by atoms with Gasteiger partial charge >= 0.3 is 6.09 Å². The van der Waals surface area contributed by atoms with Crippen molar-refractivity contribution in [3.8, 4) is 0 Å². The van der Waals surface area contributed by atoms with Gasteiger partial charge in [0.05, 0.1) is 17.0 Å². The van der Waals surface area contributed by atoms with E-state index in [0.717, 1.165) is 11.1 Å². The Morgan fingerprint density at radius 3 is 2.16 bits per heavy atom. The summed E-state index contributed by atoms with van der Waals surface area (Å²) in [6.07, 6.45) is -1.62. The van der Waals surface area contributed by atoms with Crippen molar-refractivity contribution in [1.29, 1.82) is 0 Å². The first kappa shape index (κ1) is 28.2. The average Bonchev–Trinajstić information content (AvgIpc) is 2.87. The van der Waals surface area contributed by atoms with Crippen LogP contribution in [0.25, 0.3) is 0 Å². The predicted molar refractivity (Wildman–Crippen MR) is 144 cm³/mol. The summed E-state index contributed by atoms with van der Waals surface area (Å²) in [6, 6.07) is 23.9. The molecule has 0 radical (unpaired) electrons. The van der Waals surface area contributed by atoms with E-state index in [9.17, 15) is 18.3 Å². The topological polar surface area (TPSA) is 122 Å². The van der Waals surface area contributed by atoms with E-state index >= 15 is 0 Å². The fourth-order valence-electron chi connectivity index (χ4n) is 3.91. The van der Waals surface area contributed by atoms with Gasteiger partial charge in [-0.1, -0.05) is 80.6 Å². The van der Waals surface area contributed by atoms with Crippen LogP contribution in [0.2, 0.25) is 0 Å². The molecule has 3 aromatic carbocycles. The third kappa shape index (κ3) is 8.59. The number of carbonyl (C=O) groups is 1. The number of nitrogen functional groups attached to an aromatic ring is 1. The highest BCUT2D eigenvalue weighted by Gasteiger charge is 2.31. The quantitative estimate of drug-likeness (QED) is 0.309. The van der Waals surface area contributed by atoms with Gasteiger partial charge < -0.3 is 20.9 Å². The largest absolute Gasteiger partial charge is 0.445 e. The molecule has 4 N–H and O–H groups in total. The van der Waals surface area contributed by atoms with Crippen LogP contribution >= 0.6 is 0 Å². The number of hydrogen-bond donors (Lipinski definition) is 3. The minimum absolute atomic E-state index is 0.000551. The fourth-order valence-corrected chi connectivity index (χ4v) is 5.58. The van der Waals surface area contributed by atoms with E-state index in [1.807, 2.05) is 74.5 Å². The van der Waals surface area contributed by atoms with Crippen LogP contribution in [0, 0.1) is 5.92 Å². The predicted octanol–water partition coefficient (Wildman–Crippen LogP) is 3.81. The zero-order valence-corrected chi connectivity index (χ0v) is 22.0. The van der Waals surface area contributed by atoms with Gasteiger partial charge in [-0.3, -0.25) is 0 Å². The summed E-state index contributed by atoms with van der Waals surface area (Å²) in [6.45, 7) is 3.84. The molecule has 1 amide bonds. The van der Waals surface area contributed by atoms with Crippen LogP contribution in [0.1, 0.15) is 25.0 Å². The first-order chi connectivity index (χ1) is 17.6. The van der Waals surface area contributed by atoms with Crippen molar-refractivity contribution >= 4 is 21.8 Å². The molecule has 0 unspecified atom stereocenters. The monoisotopic (exact) mass is 525 g/mol. The summed E-state index contributed by atoms with van der Waals surface area (Å²) in [5, 5.41) is 14.0. The summed E-state index contributed by atoms with van der Waals surface area (Å²) < 4.78 is 33.5. The Morgan fingerprint density at radius 2 is 1.57 bits per heavy atom. The van der Waals surface area contributed by atoms with Crippen molar-refractivity contribution in [2.24, 2.45) is 5.92 Å². The minimum atomic E-state index is -3.95. The first-order valence-corrected chi connectivity index (χ1v) is 13.6. The summed E-state index contributed by atoms with van der Waals surface area (Å²) in [5.41, 5.74) is 7.86. The second kappa shape index (κ2) is 13.2. The normalized spacial score (nSPS) is 13.3. The second-order valence-corrected chi connectivity index (χ2v) is 11.3. The molecule has 37 heavy (non-hydrogen) atoms. The molecule has 0 heterocycles. The van der Waals surface area contributed by atoms with E-state index in [-0.39, 0.29) is 36.9 Å². The van der Waals surface area contributed by atoms with Gasteiger partial charge in [0.15, 0.2) is 0 Å². The molecule has 0 aliphatic carbocycles. The summed E-state index contributed by atoms with van der Waals surface area (Å²) in [5.74, 6) is -0.000551. The van der Waals surface area contributed by atoms with E-state index in [0.29, 0.717) is 5.69 Å². The van der Waals surface area contributed by atoms with Crippen molar-refractivity contribution in [2.45, 2.75) is 43.9 Å². The van der Waals surface area contributed by atoms with Crippen LogP contribution in [0.3, 0.4) is 0 Å². The molecule has 0 saturated carbocycles. The second-order valence-electron chi connectivity index (χ2n) is 9.36. The third-order valence-electron chi connectivity index (χ3n) is 5.73. The Labute approximate surface area is 219 Å². The Hall–Kier alpha value is -3.40. The number of benzene rings is 3. The lowest BCUT2D eigenvalue weighted by Crippen LogP contribution is -2.51. The highest BCUT2D eigenvalue weighted by Crippen LogP contribution is 2.21. The van der Waals surface area contributed by atoms with Crippen LogP contribution in [0.5, 0.6) is 0 Å². The van der Waals surface area contributed by atoms with Gasteiger partial charge in [-0.2, -0.15) is 4.31 Å². The van der Waals surface area contributed by atoms with Crippen LogP contribution in [0.15, 0.2) is 89.8 Å². The van der Waals surface area contributed by atoms with E-state index in [2.05, 4.69) is 5.32 Å². The molecular weight excluding hydrogens is 490 g/mol. The Bertz CT molecular complexity index is 1240. The molecule has 9 heteroatoms. The number of anilines is 1. The molecule has 0 aliphatic heterocycles. The SMILES string of the molecule is CC(C)CN(C[C@@H](O)[C@H](Cc1ccccc1)NC(=O)OCc1ccccc1)S(=O)(=O)c1cccc(N)c1. The van der Waals surface area contributed by atoms with Gasteiger partial charge in [0.25, 0.3) is 0 Å². The lowest BCUT2D eigenvalue weighted by Gasteiger charge is -2.30. The summed E-state index contributed by atoms with van der Waals surface area (Å²) in [4.78, 5) is 12.7. The van der Waals surface area contributed by atoms with Crippen molar-refractivity contribution in [3.05, 3.63) is 96.1 Å². The minimum Gasteiger partial charge on any atom is -0.445 e. The number of nitrogens with two attached hydrogens (primary N) is 1. The Kier molecular flexibility index (Phi) is 10.1. The first-order valence-electron chi connectivity index (χ1n) is 12.2. The smallest absolute Gasteiger partial charge is 0.407 e. The van der Waals surface area contributed by atoms with Gasteiger partial charge in [0.1, 0.15) is 6.61 Å². The fraction of sp³-hybridized carbons (Fsp3) is 0.321. The number of amides is 1. The number of rotatable bonds is 12. The van der Waals surface area contributed by atoms with Gasteiger partial charge in [-0.15, -0.1) is 0 Å². The molecule has 0 saturated heterocycles. The van der Waals surface area contributed by atoms with Crippen molar-refractivity contribution < 1.29 is 23.1 Å². The lowest BCUT2D eigenvalue weighted by atomic mass is 10.0. The van der Waals surface area contributed by atoms with Gasteiger partial charge in [0, 0.05) is 18.8 Å². The van der Waals surface area contributed by atoms with E-state index < -0.39 is 28.3 Å². The number of aliphatic hydroxyl groups is 1. The summed E-state index contributed by atoms with van der Waals surface area (Å²) >= 11 is 0. The number of nitrogens with one attached hydrogen (secondary N) is 1. The number of aliphatic hydroxyl groups excluding tert-OH is 1. The molecular formula is C28H35N3O5S. The zero-order valence-electron chi connectivity index (χ0n) is 21.2. The van der Waals surface area contributed by atoms with Crippen LogP contribution in [0.4, 0.5) is 10.5 Å². The highest BCUT2D eigenvalue weighted by atomic mass is 32.2. The molecule has 2 atom stereocenters. The number of alkyl carbamates (subject to hydrolysis) is 1. The maximum atomic E-state index is 13.5. The highest BCUT2D eigenvalue weighted by molar-refractivity contribution is 7.89. The van der Waals surface area contributed by atoms with Gasteiger partial charge in [-0.05, 0) is 41.7 Å². The molecule has 198 valence electrons. The third-order valence-corrected chi connectivity index (χ3v) is 7.56. The van der Waals surface area contributed by atoms with Crippen molar-refractivity contribution in [3.63, 3.8) is 0 Å². The van der Waals surface area contributed by atoms with Crippen molar-refractivity contribution in [1.82, 2.24) is 9.62 Å². The average molecular weight is 526 g/mol. The number of hydrogen-bond acceptors (Lipinski definition) is 6. The summed E-state index contributed by atoms with van der Waals surface area (Å²) in [7, 11) is -3.95. The number of nitrogens with zero attached hydrogens (tertiary/aromatic N) is 1. The Morgan fingerprint density at radius 1 is 0.946 bits per heavy atom. The van der Waals surface area contributed by atoms with Gasteiger partial charge in [0.2, 0.25) is 10.0 Å². The standard InChI is InChI=1S/C28H35N3O5S/c1-21(2)18-31(37(34,35)25-15-9-14-24(29)17-25)19-27(32)26(16-22-10-5-3-6-11-22)30-28(33)36-20-23-12-7-4-8-13-23/h3-15,17,21,26-27,32H,16,18-20,29H2,1-2H3,(H,30,33)/t26-,27+/m0/s1. The zero-order chi connectivity index (χ0) is 26.8. The van der Waals surface area contributed by atoms with Crippen LogP contribution in [-0.4, -0.2) is 49.2 Å². The van der Waals surface area contributed by atoms with Crippen LogP contribution < -0.4 is 11.1 Å². The number of sulfonamides is 1. The van der Waals surface area contributed by atoms with E-state index in [1.54, 1.807) is 12.1 Å². The maximum Gasteiger partial charge on any atom is 0.407 e. The number of ether oxygens (including phenoxy) is 1. The van der Waals surface area contributed by atoms with Crippen LogP contribution in [-0.2, 0) is 27.8 Å². The molecule has 0 aromatic heterocycles. The molecule has 0 fully saturated rings. The van der Waals surface area contributed by atoms with Crippen molar-refractivity contribution in [2.75, 3.05) is 18.8 Å². The molecule has 3 rings (SSSR count). The Balaban J connectivity index is 1.79. The van der Waals surface area contributed by atoms with Gasteiger partial charge in [-0.25, -0.2) is 13.2 Å². The maximum absolute atomic E-state index is 13.5. The molecule has 0 bridgehead atoms. The molecule has 0 spiro atoms.